The summed E-state index contributed by atoms with van der Waals surface area (Å²) in [6.45, 7) is 6.34. The van der Waals surface area contributed by atoms with Gasteiger partial charge in [-0.05, 0) is 31.7 Å². The third-order valence-electron chi connectivity index (χ3n) is 3.90. The molecule has 20 heavy (non-hydrogen) atoms. The molecule has 1 aliphatic rings. The van der Waals surface area contributed by atoms with E-state index >= 15 is 0 Å². The van der Waals surface area contributed by atoms with E-state index in [1.165, 1.54) is 19.3 Å². The highest BCUT2D eigenvalue weighted by Gasteiger charge is 2.22. The van der Waals surface area contributed by atoms with Gasteiger partial charge in [0, 0.05) is 19.1 Å². The van der Waals surface area contributed by atoms with Crippen LogP contribution in [0.3, 0.4) is 0 Å². The third kappa shape index (κ3) is 4.56. The molecule has 0 spiro atoms. The second-order valence-electron chi connectivity index (χ2n) is 6.19. The molecular weight excluding hydrogens is 254 g/mol. The Morgan fingerprint density at radius 2 is 2.20 bits per heavy atom. The van der Waals surface area contributed by atoms with Crippen LogP contribution < -0.4 is 0 Å². The maximum atomic E-state index is 9.22. The summed E-state index contributed by atoms with van der Waals surface area (Å²) in [7, 11) is 0. The van der Waals surface area contributed by atoms with Crippen molar-refractivity contribution in [3.63, 3.8) is 0 Å². The summed E-state index contributed by atoms with van der Waals surface area (Å²) in [5.41, 5.74) is 0. The number of hydrogen-bond acceptors (Lipinski definition) is 5. The zero-order valence-electron chi connectivity index (χ0n) is 12.7. The Bertz CT molecular complexity index is 392. The van der Waals surface area contributed by atoms with Crippen molar-refractivity contribution in [2.24, 2.45) is 5.92 Å². The molecule has 1 N–H and O–H groups in total. The standard InChI is InChI=1S/C15H27N3O2/c1-12(2)10-14-16-15(20-17-14)11-18-8-5-3-4-6-13(18)7-9-19/h12-13,19H,3-11H2,1-2H3. The van der Waals surface area contributed by atoms with E-state index in [2.05, 4.69) is 28.9 Å². The fraction of sp³-hybridized carbons (Fsp3) is 0.867. The molecule has 1 fully saturated rings. The van der Waals surface area contributed by atoms with Crippen LogP contribution in [0, 0.1) is 5.92 Å². The van der Waals surface area contributed by atoms with Crippen LogP contribution in [0.15, 0.2) is 4.52 Å². The SMILES string of the molecule is CC(C)Cc1noc(CN2CCCCCC2CCO)n1. The number of aromatic nitrogens is 2. The second kappa shape index (κ2) is 7.74. The Kier molecular flexibility index (Phi) is 5.98. The average molecular weight is 281 g/mol. The summed E-state index contributed by atoms with van der Waals surface area (Å²) in [5.74, 6) is 2.06. The van der Waals surface area contributed by atoms with Gasteiger partial charge in [-0.3, -0.25) is 4.90 Å². The lowest BCUT2D eigenvalue weighted by Gasteiger charge is -2.27. The van der Waals surface area contributed by atoms with Crippen molar-refractivity contribution in [3.05, 3.63) is 11.7 Å². The van der Waals surface area contributed by atoms with Crippen LogP contribution in [-0.4, -0.2) is 39.3 Å². The van der Waals surface area contributed by atoms with E-state index in [1.807, 2.05) is 0 Å². The Morgan fingerprint density at radius 1 is 1.35 bits per heavy atom. The number of aliphatic hydroxyl groups is 1. The molecule has 1 atom stereocenters. The molecule has 5 heteroatoms. The molecule has 1 aliphatic heterocycles. The molecule has 0 amide bonds. The minimum atomic E-state index is 0.254. The third-order valence-corrected chi connectivity index (χ3v) is 3.90. The van der Waals surface area contributed by atoms with E-state index in [1.54, 1.807) is 0 Å². The lowest BCUT2D eigenvalue weighted by molar-refractivity contribution is 0.137. The first-order valence-corrected chi connectivity index (χ1v) is 7.85. The molecule has 0 bridgehead atoms. The summed E-state index contributed by atoms with van der Waals surface area (Å²) >= 11 is 0. The summed E-state index contributed by atoms with van der Waals surface area (Å²) in [6.07, 6.45) is 6.61. The number of likely N-dealkylation sites (tertiary alicyclic amines) is 1. The predicted octanol–water partition coefficient (Wildman–Crippen LogP) is 2.40. The van der Waals surface area contributed by atoms with Crippen LogP contribution in [0.2, 0.25) is 0 Å². The quantitative estimate of drug-likeness (QED) is 0.867. The van der Waals surface area contributed by atoms with Gasteiger partial charge in [0.25, 0.3) is 0 Å². The second-order valence-corrected chi connectivity index (χ2v) is 6.19. The van der Waals surface area contributed by atoms with Crippen molar-refractivity contribution in [3.8, 4) is 0 Å². The molecular formula is C15H27N3O2. The van der Waals surface area contributed by atoms with E-state index in [9.17, 15) is 5.11 Å². The first-order chi connectivity index (χ1) is 9.69. The van der Waals surface area contributed by atoms with Crippen LogP contribution in [0.1, 0.15) is 57.7 Å². The molecule has 2 heterocycles. The highest BCUT2D eigenvalue weighted by molar-refractivity contribution is 4.89. The largest absolute Gasteiger partial charge is 0.396 e. The molecule has 0 aromatic carbocycles. The topological polar surface area (TPSA) is 62.4 Å². The summed E-state index contributed by atoms with van der Waals surface area (Å²) in [4.78, 5) is 6.89. The molecule has 1 unspecified atom stereocenters. The molecule has 5 nitrogen and oxygen atoms in total. The number of rotatable bonds is 6. The number of hydrogen-bond donors (Lipinski definition) is 1. The first kappa shape index (κ1) is 15.4. The number of aliphatic hydroxyl groups excluding tert-OH is 1. The summed E-state index contributed by atoms with van der Waals surface area (Å²) in [6, 6.07) is 0.447. The smallest absolute Gasteiger partial charge is 0.240 e. The number of nitrogens with zero attached hydrogens (tertiary/aromatic N) is 3. The van der Waals surface area contributed by atoms with E-state index in [0.717, 1.165) is 38.2 Å². The zero-order valence-corrected chi connectivity index (χ0v) is 12.7. The van der Waals surface area contributed by atoms with Gasteiger partial charge in [0.2, 0.25) is 5.89 Å². The predicted molar refractivity (Wildman–Crippen MR) is 77.2 cm³/mol. The van der Waals surface area contributed by atoms with E-state index in [0.29, 0.717) is 17.9 Å². The highest BCUT2D eigenvalue weighted by atomic mass is 16.5. The lowest BCUT2D eigenvalue weighted by Crippen LogP contribution is -2.35. The Hall–Kier alpha value is -0.940. The molecule has 0 aliphatic carbocycles. The van der Waals surface area contributed by atoms with Crippen molar-refractivity contribution >= 4 is 0 Å². The fourth-order valence-electron chi connectivity index (χ4n) is 2.90. The average Bonchev–Trinajstić information content (AvgIpc) is 2.70. The van der Waals surface area contributed by atoms with E-state index in [-0.39, 0.29) is 6.61 Å². The molecule has 0 radical (unpaired) electrons. The molecule has 0 saturated carbocycles. The summed E-state index contributed by atoms with van der Waals surface area (Å²) < 4.78 is 5.37. The van der Waals surface area contributed by atoms with Gasteiger partial charge in [-0.15, -0.1) is 0 Å². The van der Waals surface area contributed by atoms with Gasteiger partial charge in [-0.1, -0.05) is 31.8 Å². The van der Waals surface area contributed by atoms with E-state index in [4.69, 9.17) is 4.52 Å². The molecule has 1 aromatic rings. The van der Waals surface area contributed by atoms with Crippen molar-refractivity contribution < 1.29 is 9.63 Å². The first-order valence-electron chi connectivity index (χ1n) is 7.85. The minimum absolute atomic E-state index is 0.254. The van der Waals surface area contributed by atoms with Crippen molar-refractivity contribution in [2.75, 3.05) is 13.2 Å². The fourth-order valence-corrected chi connectivity index (χ4v) is 2.90. The zero-order chi connectivity index (χ0) is 14.4. The normalized spacial score (nSPS) is 21.3. The van der Waals surface area contributed by atoms with Gasteiger partial charge < -0.3 is 9.63 Å². The van der Waals surface area contributed by atoms with Crippen molar-refractivity contribution in [2.45, 2.75) is 65.0 Å². The van der Waals surface area contributed by atoms with Gasteiger partial charge in [0.15, 0.2) is 5.82 Å². The molecule has 1 aromatic heterocycles. The van der Waals surface area contributed by atoms with Gasteiger partial charge in [-0.25, -0.2) is 0 Å². The Labute approximate surface area is 121 Å². The lowest BCUT2D eigenvalue weighted by atomic mass is 10.1. The van der Waals surface area contributed by atoms with Crippen LogP contribution in [0.4, 0.5) is 0 Å². The molecule has 1 saturated heterocycles. The molecule has 2 rings (SSSR count). The van der Waals surface area contributed by atoms with Crippen LogP contribution in [0.25, 0.3) is 0 Å². The van der Waals surface area contributed by atoms with Gasteiger partial charge in [-0.2, -0.15) is 4.98 Å². The van der Waals surface area contributed by atoms with Gasteiger partial charge >= 0.3 is 0 Å². The van der Waals surface area contributed by atoms with Crippen molar-refractivity contribution in [1.82, 2.24) is 15.0 Å². The molecule has 114 valence electrons. The monoisotopic (exact) mass is 281 g/mol. The van der Waals surface area contributed by atoms with Crippen LogP contribution in [0.5, 0.6) is 0 Å². The van der Waals surface area contributed by atoms with Crippen LogP contribution in [-0.2, 0) is 13.0 Å². The maximum absolute atomic E-state index is 9.22. The van der Waals surface area contributed by atoms with Gasteiger partial charge in [0.1, 0.15) is 0 Å². The van der Waals surface area contributed by atoms with Crippen LogP contribution >= 0.6 is 0 Å². The van der Waals surface area contributed by atoms with E-state index < -0.39 is 0 Å². The summed E-state index contributed by atoms with van der Waals surface area (Å²) in [5, 5.41) is 13.3. The van der Waals surface area contributed by atoms with Crippen molar-refractivity contribution in [1.29, 1.82) is 0 Å². The minimum Gasteiger partial charge on any atom is -0.396 e. The van der Waals surface area contributed by atoms with Gasteiger partial charge in [0.05, 0.1) is 6.54 Å². The Morgan fingerprint density at radius 3 is 2.95 bits per heavy atom. The Balaban J connectivity index is 1.96. The maximum Gasteiger partial charge on any atom is 0.240 e. The highest BCUT2D eigenvalue weighted by Crippen LogP contribution is 2.21.